The molecular formula is C13H17Cl2N. The molecule has 1 atom stereocenters. The average Bonchev–Trinajstić information content (AvgIpc) is 2.72. The van der Waals surface area contributed by atoms with Crippen molar-refractivity contribution >= 4 is 23.2 Å². The Hall–Kier alpha value is -0.240. The lowest BCUT2D eigenvalue weighted by atomic mass is 9.84. The Labute approximate surface area is 107 Å². The molecule has 1 aliphatic rings. The topological polar surface area (TPSA) is 12.0 Å². The molecule has 1 aliphatic heterocycles. The fourth-order valence-corrected chi connectivity index (χ4v) is 3.17. The van der Waals surface area contributed by atoms with Gasteiger partial charge in [-0.2, -0.15) is 0 Å². The van der Waals surface area contributed by atoms with E-state index in [1.165, 1.54) is 12.0 Å². The smallest absolute Gasteiger partial charge is 0.0642 e. The second-order valence-corrected chi connectivity index (χ2v) is 5.25. The minimum Gasteiger partial charge on any atom is -0.307 e. The summed E-state index contributed by atoms with van der Waals surface area (Å²) in [6, 6.07) is 5.94. The highest BCUT2D eigenvalue weighted by molar-refractivity contribution is 6.42. The SMILES string of the molecule is CCCC1(c2cccc(Cl)c2Cl)CCCN1. The summed E-state index contributed by atoms with van der Waals surface area (Å²) in [5.41, 5.74) is 1.22. The zero-order valence-corrected chi connectivity index (χ0v) is 11.0. The maximum Gasteiger partial charge on any atom is 0.0642 e. The first-order chi connectivity index (χ1) is 7.69. The monoisotopic (exact) mass is 257 g/mol. The van der Waals surface area contributed by atoms with Gasteiger partial charge in [0.2, 0.25) is 0 Å². The van der Waals surface area contributed by atoms with Gasteiger partial charge >= 0.3 is 0 Å². The molecule has 0 saturated carbocycles. The lowest BCUT2D eigenvalue weighted by Crippen LogP contribution is -2.36. The van der Waals surface area contributed by atoms with Crippen LogP contribution in [0.4, 0.5) is 0 Å². The number of hydrogen-bond acceptors (Lipinski definition) is 1. The fourth-order valence-electron chi connectivity index (χ4n) is 2.68. The van der Waals surface area contributed by atoms with Crippen molar-refractivity contribution in [3.8, 4) is 0 Å². The molecule has 0 aliphatic carbocycles. The lowest BCUT2D eigenvalue weighted by molar-refractivity contribution is 0.356. The van der Waals surface area contributed by atoms with E-state index in [1.807, 2.05) is 12.1 Å². The van der Waals surface area contributed by atoms with Crippen LogP contribution in [0.1, 0.15) is 38.2 Å². The van der Waals surface area contributed by atoms with E-state index in [1.54, 1.807) is 0 Å². The molecule has 1 unspecified atom stereocenters. The molecule has 1 aromatic carbocycles. The Morgan fingerprint density at radius 1 is 1.38 bits per heavy atom. The van der Waals surface area contributed by atoms with Gasteiger partial charge in [0, 0.05) is 5.54 Å². The average molecular weight is 258 g/mol. The van der Waals surface area contributed by atoms with Gasteiger partial charge in [0.25, 0.3) is 0 Å². The molecule has 1 nitrogen and oxygen atoms in total. The van der Waals surface area contributed by atoms with Gasteiger partial charge in [-0.3, -0.25) is 0 Å². The largest absolute Gasteiger partial charge is 0.307 e. The number of halogens is 2. The van der Waals surface area contributed by atoms with Crippen molar-refractivity contribution in [3.05, 3.63) is 33.8 Å². The normalized spacial score (nSPS) is 24.9. The molecule has 88 valence electrons. The molecule has 0 bridgehead atoms. The van der Waals surface area contributed by atoms with Crippen molar-refractivity contribution in [2.75, 3.05) is 6.54 Å². The zero-order valence-electron chi connectivity index (χ0n) is 9.52. The van der Waals surface area contributed by atoms with Gasteiger partial charge in [0.1, 0.15) is 0 Å². The van der Waals surface area contributed by atoms with Crippen LogP contribution in [0.3, 0.4) is 0 Å². The molecule has 2 rings (SSSR count). The van der Waals surface area contributed by atoms with Crippen LogP contribution in [-0.4, -0.2) is 6.54 Å². The van der Waals surface area contributed by atoms with Crippen LogP contribution in [0, 0.1) is 0 Å². The summed E-state index contributed by atoms with van der Waals surface area (Å²) in [6.07, 6.45) is 4.63. The van der Waals surface area contributed by atoms with Crippen LogP contribution in [0.15, 0.2) is 18.2 Å². The summed E-state index contributed by atoms with van der Waals surface area (Å²) in [5.74, 6) is 0. The molecule has 1 heterocycles. The number of nitrogens with one attached hydrogen (secondary N) is 1. The van der Waals surface area contributed by atoms with Crippen molar-refractivity contribution in [1.29, 1.82) is 0 Å². The van der Waals surface area contributed by atoms with Crippen molar-refractivity contribution in [1.82, 2.24) is 5.32 Å². The molecule has 1 N–H and O–H groups in total. The van der Waals surface area contributed by atoms with Crippen molar-refractivity contribution in [2.45, 2.75) is 38.1 Å². The minimum absolute atomic E-state index is 0.0523. The van der Waals surface area contributed by atoms with Crippen LogP contribution >= 0.6 is 23.2 Å². The highest BCUT2D eigenvalue weighted by atomic mass is 35.5. The van der Waals surface area contributed by atoms with Crippen LogP contribution in [0.5, 0.6) is 0 Å². The summed E-state index contributed by atoms with van der Waals surface area (Å²) >= 11 is 12.4. The van der Waals surface area contributed by atoms with Gasteiger partial charge in [-0.25, -0.2) is 0 Å². The van der Waals surface area contributed by atoms with E-state index in [0.29, 0.717) is 10.0 Å². The summed E-state index contributed by atoms with van der Waals surface area (Å²) in [7, 11) is 0. The van der Waals surface area contributed by atoms with Gasteiger partial charge in [0.05, 0.1) is 10.0 Å². The van der Waals surface area contributed by atoms with Crippen molar-refractivity contribution in [2.24, 2.45) is 0 Å². The van der Waals surface area contributed by atoms with Crippen LogP contribution in [0.2, 0.25) is 10.0 Å². The van der Waals surface area contributed by atoms with Gasteiger partial charge in [0.15, 0.2) is 0 Å². The van der Waals surface area contributed by atoms with E-state index >= 15 is 0 Å². The molecular weight excluding hydrogens is 241 g/mol. The third-order valence-electron chi connectivity index (χ3n) is 3.39. The van der Waals surface area contributed by atoms with Gasteiger partial charge in [-0.1, -0.05) is 48.7 Å². The maximum absolute atomic E-state index is 6.33. The predicted molar refractivity (Wildman–Crippen MR) is 70.3 cm³/mol. The second-order valence-electron chi connectivity index (χ2n) is 4.46. The first-order valence-corrected chi connectivity index (χ1v) is 6.65. The first-order valence-electron chi connectivity index (χ1n) is 5.89. The van der Waals surface area contributed by atoms with E-state index in [-0.39, 0.29) is 5.54 Å². The highest BCUT2D eigenvalue weighted by Crippen LogP contribution is 2.41. The summed E-state index contributed by atoms with van der Waals surface area (Å²) in [4.78, 5) is 0. The van der Waals surface area contributed by atoms with Crippen LogP contribution in [0.25, 0.3) is 0 Å². The van der Waals surface area contributed by atoms with Crippen molar-refractivity contribution in [3.63, 3.8) is 0 Å². The molecule has 16 heavy (non-hydrogen) atoms. The highest BCUT2D eigenvalue weighted by Gasteiger charge is 2.36. The Morgan fingerprint density at radius 2 is 2.19 bits per heavy atom. The van der Waals surface area contributed by atoms with Crippen molar-refractivity contribution < 1.29 is 0 Å². The third kappa shape index (κ3) is 2.09. The zero-order chi connectivity index (χ0) is 11.6. The number of benzene rings is 1. The number of hydrogen-bond donors (Lipinski definition) is 1. The van der Waals surface area contributed by atoms with Gasteiger partial charge in [-0.05, 0) is 37.4 Å². The van der Waals surface area contributed by atoms with E-state index in [0.717, 1.165) is 25.8 Å². The summed E-state index contributed by atoms with van der Waals surface area (Å²) in [6.45, 7) is 3.28. The summed E-state index contributed by atoms with van der Waals surface area (Å²) in [5, 5.41) is 4.98. The first kappa shape index (κ1) is 12.2. The van der Waals surface area contributed by atoms with E-state index in [4.69, 9.17) is 23.2 Å². The van der Waals surface area contributed by atoms with E-state index in [9.17, 15) is 0 Å². The standard InChI is InChI=1S/C13H17Cl2N/c1-2-7-13(8-4-9-16-13)10-5-3-6-11(14)12(10)15/h3,5-6,16H,2,4,7-9H2,1H3. The molecule has 1 aromatic rings. The second kappa shape index (κ2) is 4.95. The third-order valence-corrected chi connectivity index (χ3v) is 4.21. The number of rotatable bonds is 3. The maximum atomic E-state index is 6.33. The molecule has 1 fully saturated rings. The van der Waals surface area contributed by atoms with Gasteiger partial charge in [-0.15, -0.1) is 0 Å². The Bertz CT molecular complexity index is 370. The molecule has 1 saturated heterocycles. The molecule has 0 amide bonds. The minimum atomic E-state index is 0.0523. The molecule has 3 heteroatoms. The fraction of sp³-hybridized carbons (Fsp3) is 0.538. The lowest BCUT2D eigenvalue weighted by Gasteiger charge is -2.31. The summed E-state index contributed by atoms with van der Waals surface area (Å²) < 4.78 is 0. The van der Waals surface area contributed by atoms with E-state index < -0.39 is 0 Å². The predicted octanol–water partition coefficient (Wildman–Crippen LogP) is 4.37. The Kier molecular flexibility index (Phi) is 3.78. The Morgan fingerprint density at radius 3 is 2.81 bits per heavy atom. The van der Waals surface area contributed by atoms with Gasteiger partial charge < -0.3 is 5.32 Å². The quantitative estimate of drug-likeness (QED) is 0.848. The van der Waals surface area contributed by atoms with Crippen LogP contribution in [-0.2, 0) is 5.54 Å². The van der Waals surface area contributed by atoms with E-state index in [2.05, 4.69) is 18.3 Å². The van der Waals surface area contributed by atoms with Crippen LogP contribution < -0.4 is 5.32 Å². The Balaban J connectivity index is 2.42. The molecule has 0 aromatic heterocycles. The molecule has 0 radical (unpaired) electrons. The molecule has 0 spiro atoms.